The normalized spacial score (nSPS) is 19.5. The molecule has 146 valence electrons. The largest absolute Gasteiger partial charge is 0.481 e. The van der Waals surface area contributed by atoms with Gasteiger partial charge in [-0.1, -0.05) is 43.5 Å². The number of urea groups is 1. The second kappa shape index (κ2) is 10.5. The Morgan fingerprint density at radius 3 is 2.52 bits per heavy atom. The molecule has 1 aliphatic carbocycles. The number of carboxylic acid groups (broad SMARTS) is 1. The predicted molar refractivity (Wildman–Crippen MR) is 105 cm³/mol. The van der Waals surface area contributed by atoms with Crippen molar-refractivity contribution in [3.63, 3.8) is 0 Å². The number of carboxylic acids is 1. The summed E-state index contributed by atoms with van der Waals surface area (Å²) in [6, 6.07) is 6.79. The summed E-state index contributed by atoms with van der Waals surface area (Å²) >= 11 is 0. The fourth-order valence-electron chi connectivity index (χ4n) is 3.59. The number of carbonyl (C=O) groups is 3. The minimum atomic E-state index is -0.746. The highest BCUT2D eigenvalue weighted by atomic mass is 16.4. The van der Waals surface area contributed by atoms with Crippen LogP contribution in [-0.2, 0) is 9.59 Å². The van der Waals surface area contributed by atoms with Crippen LogP contribution in [0.5, 0.6) is 0 Å². The fourth-order valence-corrected chi connectivity index (χ4v) is 3.59. The average Bonchev–Trinajstić information content (AvgIpc) is 2.96. The Kier molecular flexibility index (Phi) is 8.04. The smallest absolute Gasteiger partial charge is 0.316 e. The molecule has 2 unspecified atom stereocenters. The molecular formula is C21H28N2O4. The van der Waals surface area contributed by atoms with Crippen LogP contribution in [0.15, 0.2) is 30.3 Å². The zero-order chi connectivity index (χ0) is 19.6. The first kappa shape index (κ1) is 20.7. The molecule has 0 spiro atoms. The number of primary amides is 1. The fraction of sp³-hybridized carbons (Fsp3) is 0.476. The molecule has 1 aromatic rings. The zero-order valence-electron chi connectivity index (χ0n) is 15.5. The number of ketones is 1. The maximum Gasteiger partial charge on any atom is 0.316 e. The molecule has 2 atom stereocenters. The molecule has 2 rings (SSSR count). The molecule has 27 heavy (non-hydrogen) atoms. The molecule has 1 aromatic carbocycles. The number of unbranched alkanes of at least 4 members (excludes halogenated alkanes) is 3. The first-order valence-corrected chi connectivity index (χ1v) is 9.55. The zero-order valence-corrected chi connectivity index (χ0v) is 15.5. The number of hydrogen-bond acceptors (Lipinski definition) is 3. The number of aliphatic carboxylic acids is 1. The summed E-state index contributed by atoms with van der Waals surface area (Å²) < 4.78 is 0. The lowest BCUT2D eigenvalue weighted by molar-refractivity contribution is -0.137. The highest BCUT2D eigenvalue weighted by Crippen LogP contribution is 2.34. The number of rotatable bonds is 10. The third-order valence-corrected chi connectivity index (χ3v) is 5.02. The van der Waals surface area contributed by atoms with Gasteiger partial charge in [-0.3, -0.25) is 9.59 Å². The van der Waals surface area contributed by atoms with Gasteiger partial charge < -0.3 is 16.2 Å². The number of allylic oxidation sites excluding steroid dienone is 1. The van der Waals surface area contributed by atoms with Crippen LogP contribution in [0.3, 0.4) is 0 Å². The van der Waals surface area contributed by atoms with E-state index in [0.717, 1.165) is 37.7 Å². The summed E-state index contributed by atoms with van der Waals surface area (Å²) in [5, 5.41) is 11.2. The van der Waals surface area contributed by atoms with E-state index in [0.29, 0.717) is 24.3 Å². The molecule has 0 aromatic heterocycles. The van der Waals surface area contributed by atoms with Crippen molar-refractivity contribution in [3.05, 3.63) is 35.9 Å². The van der Waals surface area contributed by atoms with Crippen molar-refractivity contribution in [3.8, 4) is 0 Å². The van der Waals surface area contributed by atoms with E-state index in [1.807, 2.05) is 18.2 Å². The van der Waals surface area contributed by atoms with Gasteiger partial charge in [0, 0.05) is 24.4 Å². The quantitative estimate of drug-likeness (QED) is 0.534. The summed E-state index contributed by atoms with van der Waals surface area (Å²) in [5.74, 6) is -0.0581. The van der Waals surface area contributed by atoms with Crippen LogP contribution >= 0.6 is 0 Å². The van der Waals surface area contributed by atoms with E-state index in [1.54, 1.807) is 12.1 Å². The predicted octanol–water partition coefficient (Wildman–Crippen LogP) is 4.21. The van der Waals surface area contributed by atoms with Crippen LogP contribution in [0.1, 0.15) is 56.9 Å². The van der Waals surface area contributed by atoms with Gasteiger partial charge in [0.2, 0.25) is 0 Å². The monoisotopic (exact) mass is 372 g/mol. The maximum absolute atomic E-state index is 12.2. The van der Waals surface area contributed by atoms with E-state index in [4.69, 9.17) is 10.8 Å². The molecule has 0 radical (unpaired) electrons. The van der Waals surface area contributed by atoms with Gasteiger partial charge in [0.1, 0.15) is 5.78 Å². The van der Waals surface area contributed by atoms with Gasteiger partial charge in [-0.2, -0.15) is 0 Å². The van der Waals surface area contributed by atoms with Gasteiger partial charge in [0.05, 0.1) is 0 Å². The summed E-state index contributed by atoms with van der Waals surface area (Å²) in [4.78, 5) is 33.5. The Balaban J connectivity index is 1.81. The maximum atomic E-state index is 12.2. The van der Waals surface area contributed by atoms with Crippen LogP contribution < -0.4 is 11.1 Å². The highest BCUT2D eigenvalue weighted by molar-refractivity contribution is 5.87. The summed E-state index contributed by atoms with van der Waals surface area (Å²) in [5.41, 5.74) is 6.75. The molecule has 6 nitrogen and oxygen atoms in total. The number of amides is 2. The number of nitrogens with two attached hydrogens (primary N) is 1. The Morgan fingerprint density at radius 1 is 1.15 bits per heavy atom. The van der Waals surface area contributed by atoms with Crippen molar-refractivity contribution in [2.75, 3.05) is 5.32 Å². The SMILES string of the molecule is NC(=O)Nc1ccc(/C=C/C2CCC(=O)C2CCCCCCC(=O)O)cc1. The molecule has 0 bridgehead atoms. The van der Waals surface area contributed by atoms with Gasteiger partial charge in [0.25, 0.3) is 0 Å². The van der Waals surface area contributed by atoms with Crippen molar-refractivity contribution in [1.82, 2.24) is 0 Å². The summed E-state index contributed by atoms with van der Waals surface area (Å²) in [6.07, 6.45) is 10.3. The van der Waals surface area contributed by atoms with Gasteiger partial charge in [-0.25, -0.2) is 4.79 Å². The molecule has 1 aliphatic rings. The van der Waals surface area contributed by atoms with Crippen molar-refractivity contribution in [1.29, 1.82) is 0 Å². The number of Topliss-reactive ketones (excluding diaryl/α,β-unsaturated/α-hetero) is 1. The first-order chi connectivity index (χ1) is 13.0. The molecule has 0 aliphatic heterocycles. The first-order valence-electron chi connectivity index (χ1n) is 9.55. The van der Waals surface area contributed by atoms with Gasteiger partial charge in [-0.05, 0) is 42.9 Å². The molecule has 1 saturated carbocycles. The summed E-state index contributed by atoms with van der Waals surface area (Å²) in [7, 11) is 0. The third kappa shape index (κ3) is 7.25. The molecule has 2 amide bonds. The molecule has 0 heterocycles. The van der Waals surface area contributed by atoms with Gasteiger partial charge in [-0.15, -0.1) is 0 Å². The van der Waals surface area contributed by atoms with E-state index in [9.17, 15) is 14.4 Å². The number of hydrogen-bond donors (Lipinski definition) is 3. The van der Waals surface area contributed by atoms with Crippen molar-refractivity contribution in [2.24, 2.45) is 17.6 Å². The van der Waals surface area contributed by atoms with Crippen LogP contribution in [0.4, 0.5) is 10.5 Å². The standard InChI is InChI=1S/C21H28N2O4/c22-21(27)23-17-12-8-15(9-13-17)7-10-16-11-14-19(24)18(16)5-3-1-2-4-6-20(25)26/h7-10,12-13,16,18H,1-6,11,14H2,(H,25,26)(H3,22,23,27)/b10-7+. The number of carbonyl (C=O) groups excluding carboxylic acids is 2. The lowest BCUT2D eigenvalue weighted by atomic mass is 9.89. The van der Waals surface area contributed by atoms with Gasteiger partial charge >= 0.3 is 12.0 Å². The Hall–Kier alpha value is -2.63. The van der Waals surface area contributed by atoms with Crippen molar-refractivity contribution >= 4 is 29.5 Å². The lowest BCUT2D eigenvalue weighted by Gasteiger charge is -2.14. The topological polar surface area (TPSA) is 109 Å². The summed E-state index contributed by atoms with van der Waals surface area (Å²) in [6.45, 7) is 0. The van der Waals surface area contributed by atoms with E-state index < -0.39 is 12.0 Å². The van der Waals surface area contributed by atoms with E-state index in [-0.39, 0.29) is 18.3 Å². The second-order valence-corrected chi connectivity index (χ2v) is 7.09. The van der Waals surface area contributed by atoms with E-state index in [1.165, 1.54) is 0 Å². The van der Waals surface area contributed by atoms with Crippen LogP contribution in [0, 0.1) is 11.8 Å². The average molecular weight is 372 g/mol. The molecule has 1 fully saturated rings. The number of benzene rings is 1. The van der Waals surface area contributed by atoms with Crippen molar-refractivity contribution in [2.45, 2.75) is 51.4 Å². The second-order valence-electron chi connectivity index (χ2n) is 7.09. The minimum absolute atomic E-state index is 0.0801. The molecule has 6 heteroatoms. The molecule has 4 N–H and O–H groups in total. The number of anilines is 1. The van der Waals surface area contributed by atoms with E-state index in [2.05, 4.69) is 11.4 Å². The lowest BCUT2D eigenvalue weighted by Crippen LogP contribution is -2.19. The highest BCUT2D eigenvalue weighted by Gasteiger charge is 2.32. The van der Waals surface area contributed by atoms with Crippen LogP contribution in [0.25, 0.3) is 6.08 Å². The Bertz CT molecular complexity index is 682. The molecular weight excluding hydrogens is 344 g/mol. The number of nitrogens with one attached hydrogen (secondary N) is 1. The van der Waals surface area contributed by atoms with Crippen LogP contribution in [-0.4, -0.2) is 22.9 Å². The Morgan fingerprint density at radius 2 is 1.85 bits per heavy atom. The Labute approximate surface area is 159 Å². The van der Waals surface area contributed by atoms with Gasteiger partial charge in [0.15, 0.2) is 0 Å². The third-order valence-electron chi connectivity index (χ3n) is 5.02. The van der Waals surface area contributed by atoms with Crippen molar-refractivity contribution < 1.29 is 19.5 Å². The van der Waals surface area contributed by atoms with Crippen LogP contribution in [0.2, 0.25) is 0 Å². The molecule has 0 saturated heterocycles. The van der Waals surface area contributed by atoms with E-state index >= 15 is 0 Å². The minimum Gasteiger partial charge on any atom is -0.481 e.